The Bertz CT molecular complexity index is 601. The standard InChI is InChI=1S/C16H16FNO2S/c1-2-20-13-9-7-12(8-10-13)18-16(19)11-21-15-6-4-3-5-14(15)17/h3-10H,2,11H2,1H3,(H,18,19). The van der Waals surface area contributed by atoms with Gasteiger partial charge in [0.1, 0.15) is 11.6 Å². The van der Waals surface area contributed by atoms with E-state index in [1.807, 2.05) is 6.92 Å². The van der Waals surface area contributed by atoms with Crippen LogP contribution in [-0.4, -0.2) is 18.3 Å². The molecule has 0 aliphatic carbocycles. The number of thioether (sulfide) groups is 1. The molecule has 0 aliphatic rings. The van der Waals surface area contributed by atoms with Gasteiger partial charge in [-0.05, 0) is 43.3 Å². The maximum absolute atomic E-state index is 13.4. The first-order chi connectivity index (χ1) is 10.2. The van der Waals surface area contributed by atoms with Crippen molar-refractivity contribution in [2.45, 2.75) is 11.8 Å². The molecule has 0 aromatic heterocycles. The molecule has 1 amide bonds. The molecule has 2 aromatic rings. The third kappa shape index (κ3) is 4.79. The van der Waals surface area contributed by atoms with Gasteiger partial charge in [0.25, 0.3) is 0 Å². The summed E-state index contributed by atoms with van der Waals surface area (Å²) in [6.07, 6.45) is 0. The average molecular weight is 305 g/mol. The van der Waals surface area contributed by atoms with Gasteiger partial charge in [-0.3, -0.25) is 4.79 Å². The lowest BCUT2D eigenvalue weighted by molar-refractivity contribution is -0.113. The summed E-state index contributed by atoms with van der Waals surface area (Å²) in [7, 11) is 0. The summed E-state index contributed by atoms with van der Waals surface area (Å²) in [5.74, 6) is 0.439. The molecule has 0 saturated heterocycles. The highest BCUT2D eigenvalue weighted by atomic mass is 32.2. The Kier molecular flexibility index (Phi) is 5.63. The average Bonchev–Trinajstić information content (AvgIpc) is 2.49. The van der Waals surface area contributed by atoms with Gasteiger partial charge in [-0.2, -0.15) is 0 Å². The van der Waals surface area contributed by atoms with Gasteiger partial charge in [-0.1, -0.05) is 12.1 Å². The molecule has 0 spiro atoms. The Morgan fingerprint density at radius 3 is 2.57 bits per heavy atom. The van der Waals surface area contributed by atoms with Crippen LogP contribution >= 0.6 is 11.8 Å². The minimum absolute atomic E-state index is 0.161. The molecule has 3 nitrogen and oxygen atoms in total. The molecule has 0 atom stereocenters. The quantitative estimate of drug-likeness (QED) is 0.821. The third-order valence-corrected chi connectivity index (χ3v) is 3.69. The Morgan fingerprint density at radius 2 is 1.90 bits per heavy atom. The van der Waals surface area contributed by atoms with Crippen molar-refractivity contribution < 1.29 is 13.9 Å². The number of hydrogen-bond donors (Lipinski definition) is 1. The van der Waals surface area contributed by atoms with E-state index in [4.69, 9.17) is 4.74 Å². The van der Waals surface area contributed by atoms with Gasteiger partial charge in [0.15, 0.2) is 0 Å². The van der Waals surface area contributed by atoms with Crippen LogP contribution in [0, 0.1) is 5.82 Å². The van der Waals surface area contributed by atoms with Crippen LogP contribution in [-0.2, 0) is 4.79 Å². The fraction of sp³-hybridized carbons (Fsp3) is 0.188. The zero-order chi connectivity index (χ0) is 15.1. The molecular formula is C16H16FNO2S. The molecule has 0 saturated carbocycles. The van der Waals surface area contributed by atoms with Gasteiger partial charge >= 0.3 is 0 Å². The number of halogens is 1. The fourth-order valence-corrected chi connectivity index (χ4v) is 2.44. The SMILES string of the molecule is CCOc1ccc(NC(=O)CSc2ccccc2F)cc1. The number of nitrogens with one attached hydrogen (secondary N) is 1. The summed E-state index contributed by atoms with van der Waals surface area (Å²) in [4.78, 5) is 12.3. The smallest absolute Gasteiger partial charge is 0.234 e. The summed E-state index contributed by atoms with van der Waals surface area (Å²) in [5.41, 5.74) is 0.692. The predicted molar refractivity (Wildman–Crippen MR) is 83.4 cm³/mol. The highest BCUT2D eigenvalue weighted by Gasteiger charge is 2.06. The second kappa shape index (κ2) is 7.69. The van der Waals surface area contributed by atoms with Crippen molar-refractivity contribution in [3.8, 4) is 5.75 Å². The molecule has 21 heavy (non-hydrogen) atoms. The van der Waals surface area contributed by atoms with E-state index in [0.717, 1.165) is 5.75 Å². The van der Waals surface area contributed by atoms with Crippen LogP contribution in [0.15, 0.2) is 53.4 Å². The molecule has 0 aliphatic heterocycles. The minimum Gasteiger partial charge on any atom is -0.494 e. The highest BCUT2D eigenvalue weighted by Crippen LogP contribution is 2.21. The van der Waals surface area contributed by atoms with Crippen molar-refractivity contribution in [2.75, 3.05) is 17.7 Å². The van der Waals surface area contributed by atoms with Gasteiger partial charge < -0.3 is 10.1 Å². The van der Waals surface area contributed by atoms with E-state index in [1.165, 1.54) is 17.8 Å². The lowest BCUT2D eigenvalue weighted by Crippen LogP contribution is -2.14. The first kappa shape index (κ1) is 15.4. The first-order valence-corrected chi connectivity index (χ1v) is 7.57. The summed E-state index contributed by atoms with van der Waals surface area (Å²) < 4.78 is 18.7. The van der Waals surface area contributed by atoms with Gasteiger partial charge in [0.05, 0.1) is 12.4 Å². The lowest BCUT2D eigenvalue weighted by Gasteiger charge is -2.07. The fourth-order valence-electron chi connectivity index (χ4n) is 1.70. The number of amides is 1. The molecule has 0 heterocycles. The van der Waals surface area contributed by atoms with E-state index < -0.39 is 0 Å². The maximum atomic E-state index is 13.4. The zero-order valence-electron chi connectivity index (χ0n) is 11.6. The summed E-state index contributed by atoms with van der Waals surface area (Å²) >= 11 is 1.17. The van der Waals surface area contributed by atoms with E-state index in [0.29, 0.717) is 17.2 Å². The van der Waals surface area contributed by atoms with Crippen LogP contribution in [0.1, 0.15) is 6.92 Å². The largest absolute Gasteiger partial charge is 0.494 e. The molecule has 0 unspecified atom stereocenters. The first-order valence-electron chi connectivity index (χ1n) is 6.59. The molecule has 5 heteroatoms. The third-order valence-electron chi connectivity index (χ3n) is 2.64. The van der Waals surface area contributed by atoms with E-state index in [-0.39, 0.29) is 17.5 Å². The number of rotatable bonds is 6. The highest BCUT2D eigenvalue weighted by molar-refractivity contribution is 8.00. The number of hydrogen-bond acceptors (Lipinski definition) is 3. The number of ether oxygens (including phenoxy) is 1. The topological polar surface area (TPSA) is 38.3 Å². The van der Waals surface area contributed by atoms with Crippen LogP contribution in [0.25, 0.3) is 0 Å². The second-order valence-electron chi connectivity index (χ2n) is 4.22. The van der Waals surface area contributed by atoms with Gasteiger partial charge in [0, 0.05) is 10.6 Å². The zero-order valence-corrected chi connectivity index (χ0v) is 12.5. The number of carbonyl (C=O) groups excluding carboxylic acids is 1. The summed E-state index contributed by atoms with van der Waals surface area (Å²) in [5, 5.41) is 2.76. The van der Waals surface area contributed by atoms with Crippen molar-refractivity contribution >= 4 is 23.4 Å². The van der Waals surface area contributed by atoms with Crippen LogP contribution in [0.5, 0.6) is 5.75 Å². The van der Waals surface area contributed by atoms with Crippen LogP contribution in [0.2, 0.25) is 0 Å². The Morgan fingerprint density at radius 1 is 1.19 bits per heavy atom. The number of benzene rings is 2. The Hall–Kier alpha value is -2.01. The molecule has 2 rings (SSSR count). The summed E-state index contributed by atoms with van der Waals surface area (Å²) in [6.45, 7) is 2.51. The Labute approximate surface area is 127 Å². The van der Waals surface area contributed by atoms with E-state index in [9.17, 15) is 9.18 Å². The predicted octanol–water partition coefficient (Wildman–Crippen LogP) is 3.96. The molecule has 110 valence electrons. The van der Waals surface area contributed by atoms with Gasteiger partial charge in [0.2, 0.25) is 5.91 Å². The van der Waals surface area contributed by atoms with Gasteiger partial charge in [-0.25, -0.2) is 4.39 Å². The molecule has 0 radical (unpaired) electrons. The number of carbonyl (C=O) groups is 1. The van der Waals surface area contributed by atoms with Crippen molar-refractivity contribution in [3.63, 3.8) is 0 Å². The van der Waals surface area contributed by atoms with Crippen LogP contribution < -0.4 is 10.1 Å². The van der Waals surface area contributed by atoms with E-state index >= 15 is 0 Å². The van der Waals surface area contributed by atoms with Crippen molar-refractivity contribution in [1.29, 1.82) is 0 Å². The number of anilines is 1. The summed E-state index contributed by atoms with van der Waals surface area (Å²) in [6, 6.07) is 13.5. The van der Waals surface area contributed by atoms with E-state index in [2.05, 4.69) is 5.32 Å². The molecule has 1 N–H and O–H groups in total. The molecule has 2 aromatic carbocycles. The van der Waals surface area contributed by atoms with Crippen molar-refractivity contribution in [2.24, 2.45) is 0 Å². The normalized spacial score (nSPS) is 10.2. The van der Waals surface area contributed by atoms with Crippen molar-refractivity contribution in [3.05, 3.63) is 54.3 Å². The minimum atomic E-state index is -0.309. The Balaban J connectivity index is 1.85. The second-order valence-corrected chi connectivity index (χ2v) is 5.24. The monoisotopic (exact) mass is 305 g/mol. The van der Waals surface area contributed by atoms with Crippen molar-refractivity contribution in [1.82, 2.24) is 0 Å². The van der Waals surface area contributed by atoms with Crippen LogP contribution in [0.4, 0.5) is 10.1 Å². The van der Waals surface area contributed by atoms with Crippen LogP contribution in [0.3, 0.4) is 0 Å². The molecular weight excluding hydrogens is 289 g/mol. The molecule has 0 fully saturated rings. The van der Waals surface area contributed by atoms with E-state index in [1.54, 1.807) is 42.5 Å². The maximum Gasteiger partial charge on any atom is 0.234 e. The van der Waals surface area contributed by atoms with Gasteiger partial charge in [-0.15, -0.1) is 11.8 Å². The molecule has 0 bridgehead atoms. The lowest BCUT2D eigenvalue weighted by atomic mass is 10.3.